The van der Waals surface area contributed by atoms with Crippen molar-refractivity contribution in [3.63, 3.8) is 0 Å². The molecular formula is C20H22F3N5O. The number of hydrogen-bond acceptors (Lipinski definition) is 3. The third-order valence-electron chi connectivity index (χ3n) is 4.76. The van der Waals surface area contributed by atoms with Crippen LogP contribution in [0, 0.1) is 0 Å². The first kappa shape index (κ1) is 20.7. The average Bonchev–Trinajstić information content (AvgIpc) is 3.25. The zero-order chi connectivity index (χ0) is 21.2. The predicted molar refractivity (Wildman–Crippen MR) is 103 cm³/mol. The van der Waals surface area contributed by atoms with E-state index in [-0.39, 0.29) is 18.5 Å². The van der Waals surface area contributed by atoms with Gasteiger partial charge < -0.3 is 15.6 Å². The molecule has 1 amide bonds. The van der Waals surface area contributed by atoms with E-state index in [9.17, 15) is 18.0 Å². The predicted octanol–water partition coefficient (Wildman–Crippen LogP) is 2.74. The number of amides is 1. The largest absolute Gasteiger partial charge is 0.416 e. The summed E-state index contributed by atoms with van der Waals surface area (Å²) in [5.74, 6) is -0.394. The SMILES string of the molecule is Cn1cc(C(=O)NC(CN)Cc2ccccc2C(F)(F)F)cc1-c1ccnn1C. The average molecular weight is 405 g/mol. The van der Waals surface area contributed by atoms with E-state index in [1.54, 1.807) is 41.8 Å². The van der Waals surface area contributed by atoms with Gasteiger partial charge in [-0.15, -0.1) is 0 Å². The van der Waals surface area contributed by atoms with Gasteiger partial charge in [0.15, 0.2) is 0 Å². The molecule has 0 aliphatic rings. The van der Waals surface area contributed by atoms with E-state index in [4.69, 9.17) is 5.73 Å². The van der Waals surface area contributed by atoms with Crippen LogP contribution in [-0.4, -0.2) is 32.8 Å². The van der Waals surface area contributed by atoms with E-state index in [0.29, 0.717) is 5.56 Å². The van der Waals surface area contributed by atoms with Crippen LogP contribution in [0.4, 0.5) is 13.2 Å². The van der Waals surface area contributed by atoms with Gasteiger partial charge in [-0.25, -0.2) is 0 Å². The van der Waals surface area contributed by atoms with Crippen LogP contribution in [0.25, 0.3) is 11.4 Å². The summed E-state index contributed by atoms with van der Waals surface area (Å²) in [6.07, 6.45) is -1.16. The highest BCUT2D eigenvalue weighted by molar-refractivity contribution is 5.95. The van der Waals surface area contributed by atoms with Crippen LogP contribution in [0.15, 0.2) is 48.8 Å². The minimum Gasteiger partial charge on any atom is -0.348 e. The highest BCUT2D eigenvalue weighted by Gasteiger charge is 2.33. The molecule has 1 aromatic carbocycles. The van der Waals surface area contributed by atoms with Crippen molar-refractivity contribution >= 4 is 5.91 Å². The van der Waals surface area contributed by atoms with E-state index in [1.807, 2.05) is 6.07 Å². The third-order valence-corrected chi connectivity index (χ3v) is 4.76. The number of halogens is 3. The fourth-order valence-electron chi connectivity index (χ4n) is 3.27. The standard InChI is InChI=1S/C20H22F3N5O/c1-27-12-14(10-18(27)17-7-8-25-28(17)2)19(29)26-15(11-24)9-13-5-3-4-6-16(13)20(21,22)23/h3-8,10,12,15H,9,11,24H2,1-2H3,(H,26,29). The fourth-order valence-corrected chi connectivity index (χ4v) is 3.27. The molecule has 3 rings (SSSR count). The number of nitrogens with one attached hydrogen (secondary N) is 1. The number of alkyl halides is 3. The number of nitrogens with zero attached hydrogens (tertiary/aromatic N) is 3. The second-order valence-electron chi connectivity index (χ2n) is 6.83. The summed E-state index contributed by atoms with van der Waals surface area (Å²) in [7, 11) is 3.60. The Labute approximate surface area is 166 Å². The van der Waals surface area contributed by atoms with Crippen LogP contribution >= 0.6 is 0 Å². The Morgan fingerprint density at radius 3 is 2.55 bits per heavy atom. The molecule has 0 saturated heterocycles. The zero-order valence-corrected chi connectivity index (χ0v) is 16.1. The molecule has 9 heteroatoms. The van der Waals surface area contributed by atoms with Gasteiger partial charge in [-0.3, -0.25) is 9.48 Å². The van der Waals surface area contributed by atoms with Gasteiger partial charge in [0.1, 0.15) is 0 Å². The van der Waals surface area contributed by atoms with Gasteiger partial charge in [0.05, 0.1) is 22.5 Å². The molecule has 0 radical (unpaired) electrons. The maximum absolute atomic E-state index is 13.2. The highest BCUT2D eigenvalue weighted by atomic mass is 19.4. The Balaban J connectivity index is 1.77. The van der Waals surface area contributed by atoms with E-state index in [2.05, 4.69) is 10.4 Å². The van der Waals surface area contributed by atoms with Crippen molar-refractivity contribution in [1.82, 2.24) is 19.7 Å². The summed E-state index contributed by atoms with van der Waals surface area (Å²) in [5.41, 5.74) is 7.13. The van der Waals surface area contributed by atoms with Crippen LogP contribution < -0.4 is 11.1 Å². The van der Waals surface area contributed by atoms with E-state index >= 15 is 0 Å². The number of carbonyl (C=O) groups excluding carboxylic acids is 1. The van der Waals surface area contributed by atoms with Crippen molar-refractivity contribution in [2.75, 3.05) is 6.54 Å². The molecule has 29 heavy (non-hydrogen) atoms. The minimum absolute atomic E-state index is 0.0132. The Morgan fingerprint density at radius 2 is 1.93 bits per heavy atom. The van der Waals surface area contributed by atoms with Crippen LogP contribution in [0.1, 0.15) is 21.5 Å². The second-order valence-corrected chi connectivity index (χ2v) is 6.83. The fraction of sp³-hybridized carbons (Fsp3) is 0.300. The van der Waals surface area contributed by atoms with E-state index < -0.39 is 23.7 Å². The second kappa shape index (κ2) is 8.12. The molecule has 6 nitrogen and oxygen atoms in total. The molecule has 2 aromatic heterocycles. The molecule has 3 aromatic rings. The first-order valence-electron chi connectivity index (χ1n) is 9.01. The lowest BCUT2D eigenvalue weighted by Gasteiger charge is -2.19. The number of aryl methyl sites for hydroxylation is 2. The van der Waals surface area contributed by atoms with Crippen LogP contribution in [0.3, 0.4) is 0 Å². The summed E-state index contributed by atoms with van der Waals surface area (Å²) < 4.78 is 43.1. The quantitative estimate of drug-likeness (QED) is 0.662. The Kier molecular flexibility index (Phi) is 5.78. The van der Waals surface area contributed by atoms with Crippen molar-refractivity contribution in [2.24, 2.45) is 19.8 Å². The van der Waals surface area contributed by atoms with Crippen molar-refractivity contribution in [1.29, 1.82) is 0 Å². The molecule has 0 aliphatic carbocycles. The Bertz CT molecular complexity index is 1010. The van der Waals surface area contributed by atoms with Gasteiger partial charge in [-0.05, 0) is 30.2 Å². The van der Waals surface area contributed by atoms with Gasteiger partial charge in [-0.1, -0.05) is 18.2 Å². The first-order chi connectivity index (χ1) is 13.7. The number of benzene rings is 1. The van der Waals surface area contributed by atoms with Crippen molar-refractivity contribution in [3.05, 3.63) is 65.5 Å². The summed E-state index contributed by atoms with van der Waals surface area (Å²) in [6.45, 7) is 0.0132. The smallest absolute Gasteiger partial charge is 0.348 e. The lowest BCUT2D eigenvalue weighted by Crippen LogP contribution is -2.42. The lowest BCUT2D eigenvalue weighted by molar-refractivity contribution is -0.138. The summed E-state index contributed by atoms with van der Waals surface area (Å²) in [6, 6.07) is 8.22. The molecule has 0 spiro atoms. The molecule has 1 unspecified atom stereocenters. The minimum atomic E-state index is -4.46. The Morgan fingerprint density at radius 1 is 1.21 bits per heavy atom. The molecule has 0 aliphatic heterocycles. The monoisotopic (exact) mass is 405 g/mol. The molecule has 0 bridgehead atoms. The van der Waals surface area contributed by atoms with Gasteiger partial charge in [-0.2, -0.15) is 18.3 Å². The zero-order valence-electron chi connectivity index (χ0n) is 16.1. The molecule has 154 valence electrons. The Hall–Kier alpha value is -3.07. The lowest BCUT2D eigenvalue weighted by atomic mass is 9.99. The molecule has 0 fully saturated rings. The molecule has 3 N–H and O–H groups in total. The number of carbonyl (C=O) groups is 1. The summed E-state index contributed by atoms with van der Waals surface area (Å²) in [5, 5.41) is 6.86. The summed E-state index contributed by atoms with van der Waals surface area (Å²) >= 11 is 0. The molecular weight excluding hydrogens is 383 g/mol. The maximum atomic E-state index is 13.2. The third kappa shape index (κ3) is 4.51. The van der Waals surface area contributed by atoms with Gasteiger partial charge in [0.2, 0.25) is 0 Å². The number of hydrogen-bond donors (Lipinski definition) is 2. The first-order valence-corrected chi connectivity index (χ1v) is 9.01. The number of aromatic nitrogens is 3. The van der Waals surface area contributed by atoms with E-state index in [0.717, 1.165) is 17.5 Å². The van der Waals surface area contributed by atoms with Crippen LogP contribution in [0.5, 0.6) is 0 Å². The molecule has 2 heterocycles. The summed E-state index contributed by atoms with van der Waals surface area (Å²) in [4.78, 5) is 12.7. The highest BCUT2D eigenvalue weighted by Crippen LogP contribution is 2.32. The van der Waals surface area contributed by atoms with Crippen molar-refractivity contribution < 1.29 is 18.0 Å². The van der Waals surface area contributed by atoms with Gasteiger partial charge in [0, 0.05) is 39.1 Å². The van der Waals surface area contributed by atoms with Crippen LogP contribution in [-0.2, 0) is 26.7 Å². The molecule has 1 atom stereocenters. The van der Waals surface area contributed by atoms with Gasteiger partial charge in [0.25, 0.3) is 5.91 Å². The van der Waals surface area contributed by atoms with E-state index in [1.165, 1.54) is 18.2 Å². The molecule has 0 saturated carbocycles. The topological polar surface area (TPSA) is 77.9 Å². The normalized spacial score (nSPS) is 12.8. The maximum Gasteiger partial charge on any atom is 0.416 e. The van der Waals surface area contributed by atoms with Crippen molar-refractivity contribution in [3.8, 4) is 11.4 Å². The van der Waals surface area contributed by atoms with Gasteiger partial charge >= 0.3 is 6.18 Å². The number of rotatable bonds is 6. The van der Waals surface area contributed by atoms with Crippen LogP contribution in [0.2, 0.25) is 0 Å². The van der Waals surface area contributed by atoms with Crippen molar-refractivity contribution in [2.45, 2.75) is 18.6 Å². The number of nitrogens with two attached hydrogens (primary N) is 1.